The standard InChI is InChI=1S/C11H22BrNO/c1-3-10(2)11(14)13-9-7-5-4-6-8-12/h10H,3-9H2,1-2H3,(H,13,14). The average molecular weight is 264 g/mol. The van der Waals surface area contributed by atoms with Crippen LogP contribution in [0.4, 0.5) is 0 Å². The molecule has 3 heteroatoms. The van der Waals surface area contributed by atoms with E-state index >= 15 is 0 Å². The van der Waals surface area contributed by atoms with Crippen molar-refractivity contribution in [2.75, 3.05) is 11.9 Å². The van der Waals surface area contributed by atoms with Gasteiger partial charge in [0.15, 0.2) is 0 Å². The van der Waals surface area contributed by atoms with Crippen LogP contribution in [0.25, 0.3) is 0 Å². The molecule has 0 saturated carbocycles. The van der Waals surface area contributed by atoms with E-state index in [0.29, 0.717) is 0 Å². The minimum atomic E-state index is 0.164. The van der Waals surface area contributed by atoms with E-state index in [0.717, 1.165) is 24.7 Å². The predicted molar refractivity (Wildman–Crippen MR) is 64.7 cm³/mol. The Morgan fingerprint density at radius 1 is 1.29 bits per heavy atom. The molecule has 0 saturated heterocycles. The Morgan fingerprint density at radius 2 is 1.93 bits per heavy atom. The van der Waals surface area contributed by atoms with E-state index in [1.165, 1.54) is 19.3 Å². The lowest BCUT2D eigenvalue weighted by atomic mass is 10.1. The molecule has 14 heavy (non-hydrogen) atoms. The number of alkyl halides is 1. The van der Waals surface area contributed by atoms with Crippen molar-refractivity contribution < 1.29 is 4.79 Å². The summed E-state index contributed by atoms with van der Waals surface area (Å²) in [7, 11) is 0. The van der Waals surface area contributed by atoms with Gasteiger partial charge >= 0.3 is 0 Å². The molecule has 1 N–H and O–H groups in total. The van der Waals surface area contributed by atoms with Crippen molar-refractivity contribution in [2.24, 2.45) is 5.92 Å². The number of carbonyl (C=O) groups is 1. The Morgan fingerprint density at radius 3 is 2.50 bits per heavy atom. The van der Waals surface area contributed by atoms with Crippen LogP contribution in [0, 0.1) is 5.92 Å². The summed E-state index contributed by atoms with van der Waals surface area (Å²) in [4.78, 5) is 11.3. The zero-order valence-corrected chi connectivity index (χ0v) is 10.9. The van der Waals surface area contributed by atoms with Crippen LogP contribution in [-0.4, -0.2) is 17.8 Å². The second-order valence-corrected chi connectivity index (χ2v) is 4.50. The summed E-state index contributed by atoms with van der Waals surface area (Å²) in [5, 5.41) is 4.05. The van der Waals surface area contributed by atoms with Crippen molar-refractivity contribution in [1.29, 1.82) is 0 Å². The van der Waals surface area contributed by atoms with E-state index in [4.69, 9.17) is 0 Å². The van der Waals surface area contributed by atoms with E-state index in [9.17, 15) is 4.79 Å². The molecule has 0 aliphatic heterocycles. The van der Waals surface area contributed by atoms with Gasteiger partial charge in [-0.15, -0.1) is 0 Å². The summed E-state index contributed by atoms with van der Waals surface area (Å²) in [6, 6.07) is 0. The maximum Gasteiger partial charge on any atom is 0.222 e. The Bertz CT molecular complexity index is 150. The molecule has 0 aliphatic rings. The molecule has 1 atom stereocenters. The number of carbonyl (C=O) groups excluding carboxylic acids is 1. The van der Waals surface area contributed by atoms with Gasteiger partial charge in [0.1, 0.15) is 0 Å². The van der Waals surface area contributed by atoms with Gasteiger partial charge in [-0.25, -0.2) is 0 Å². The number of unbranched alkanes of at least 4 members (excludes halogenated alkanes) is 3. The molecule has 84 valence electrons. The Balaban J connectivity index is 3.23. The van der Waals surface area contributed by atoms with E-state index in [1.807, 2.05) is 13.8 Å². The second-order valence-electron chi connectivity index (χ2n) is 3.70. The number of halogens is 1. The molecule has 1 amide bonds. The topological polar surface area (TPSA) is 29.1 Å². The Hall–Kier alpha value is -0.0500. The van der Waals surface area contributed by atoms with Crippen molar-refractivity contribution in [1.82, 2.24) is 5.32 Å². The first kappa shape index (κ1) is 13.9. The molecule has 0 spiro atoms. The number of amides is 1. The average Bonchev–Trinajstić information content (AvgIpc) is 2.21. The Labute approximate surface area is 96.0 Å². The van der Waals surface area contributed by atoms with Gasteiger partial charge in [-0.1, -0.05) is 42.6 Å². The summed E-state index contributed by atoms with van der Waals surface area (Å²) in [6.45, 7) is 4.85. The fourth-order valence-electron chi connectivity index (χ4n) is 1.14. The van der Waals surface area contributed by atoms with Gasteiger partial charge in [-0.05, 0) is 19.3 Å². The van der Waals surface area contributed by atoms with Gasteiger partial charge < -0.3 is 5.32 Å². The summed E-state index contributed by atoms with van der Waals surface area (Å²) >= 11 is 3.40. The molecule has 0 rings (SSSR count). The molecule has 0 aromatic heterocycles. The molecular weight excluding hydrogens is 242 g/mol. The summed E-state index contributed by atoms with van der Waals surface area (Å²) < 4.78 is 0. The van der Waals surface area contributed by atoms with E-state index in [1.54, 1.807) is 0 Å². The molecule has 0 aromatic carbocycles. The Kier molecular flexibility index (Phi) is 9.47. The van der Waals surface area contributed by atoms with Crippen LogP contribution in [0.1, 0.15) is 46.0 Å². The van der Waals surface area contributed by atoms with Gasteiger partial charge in [-0.3, -0.25) is 4.79 Å². The lowest BCUT2D eigenvalue weighted by Gasteiger charge is -2.09. The normalized spacial score (nSPS) is 12.5. The third-order valence-electron chi connectivity index (χ3n) is 2.42. The van der Waals surface area contributed by atoms with Crippen molar-refractivity contribution in [3.8, 4) is 0 Å². The molecule has 0 aromatic rings. The van der Waals surface area contributed by atoms with Gasteiger partial charge in [-0.2, -0.15) is 0 Å². The van der Waals surface area contributed by atoms with Crippen molar-refractivity contribution in [2.45, 2.75) is 46.0 Å². The molecule has 0 radical (unpaired) electrons. The first-order chi connectivity index (χ1) is 6.72. The van der Waals surface area contributed by atoms with Crippen LogP contribution in [0.2, 0.25) is 0 Å². The number of hydrogen-bond donors (Lipinski definition) is 1. The highest BCUT2D eigenvalue weighted by Gasteiger charge is 2.08. The van der Waals surface area contributed by atoms with E-state index < -0.39 is 0 Å². The lowest BCUT2D eigenvalue weighted by molar-refractivity contribution is -0.124. The van der Waals surface area contributed by atoms with Gasteiger partial charge in [0.2, 0.25) is 5.91 Å². The van der Waals surface area contributed by atoms with Crippen molar-refractivity contribution >= 4 is 21.8 Å². The number of nitrogens with one attached hydrogen (secondary N) is 1. The predicted octanol–water partition coefficient (Wildman–Crippen LogP) is 3.10. The van der Waals surface area contributed by atoms with Gasteiger partial charge in [0, 0.05) is 17.8 Å². The lowest BCUT2D eigenvalue weighted by Crippen LogP contribution is -2.29. The quantitative estimate of drug-likeness (QED) is 0.529. The van der Waals surface area contributed by atoms with Gasteiger partial charge in [0.25, 0.3) is 0 Å². The summed E-state index contributed by atoms with van der Waals surface area (Å²) in [5.41, 5.74) is 0. The zero-order chi connectivity index (χ0) is 10.8. The third kappa shape index (κ3) is 7.36. The molecule has 0 fully saturated rings. The van der Waals surface area contributed by atoms with Crippen LogP contribution in [0.3, 0.4) is 0 Å². The van der Waals surface area contributed by atoms with Crippen LogP contribution in [0.5, 0.6) is 0 Å². The fourth-order valence-corrected chi connectivity index (χ4v) is 1.54. The SMILES string of the molecule is CCC(C)C(=O)NCCCCCCBr. The number of rotatable bonds is 8. The molecule has 0 aliphatic carbocycles. The maximum atomic E-state index is 11.3. The maximum absolute atomic E-state index is 11.3. The molecule has 2 nitrogen and oxygen atoms in total. The largest absolute Gasteiger partial charge is 0.356 e. The summed E-state index contributed by atoms with van der Waals surface area (Å²) in [5.74, 6) is 0.366. The molecule has 1 unspecified atom stereocenters. The minimum Gasteiger partial charge on any atom is -0.356 e. The van der Waals surface area contributed by atoms with Crippen LogP contribution in [-0.2, 0) is 4.79 Å². The first-order valence-corrected chi connectivity index (χ1v) is 6.68. The van der Waals surface area contributed by atoms with E-state index in [2.05, 4.69) is 21.2 Å². The van der Waals surface area contributed by atoms with Crippen LogP contribution in [0.15, 0.2) is 0 Å². The highest BCUT2D eigenvalue weighted by atomic mass is 79.9. The zero-order valence-electron chi connectivity index (χ0n) is 9.31. The third-order valence-corrected chi connectivity index (χ3v) is 2.98. The van der Waals surface area contributed by atoms with Crippen molar-refractivity contribution in [3.63, 3.8) is 0 Å². The number of hydrogen-bond acceptors (Lipinski definition) is 1. The van der Waals surface area contributed by atoms with Crippen LogP contribution >= 0.6 is 15.9 Å². The highest BCUT2D eigenvalue weighted by Crippen LogP contribution is 2.02. The van der Waals surface area contributed by atoms with Crippen molar-refractivity contribution in [3.05, 3.63) is 0 Å². The summed E-state index contributed by atoms with van der Waals surface area (Å²) in [6.07, 6.45) is 5.74. The van der Waals surface area contributed by atoms with E-state index in [-0.39, 0.29) is 11.8 Å². The first-order valence-electron chi connectivity index (χ1n) is 5.56. The minimum absolute atomic E-state index is 0.164. The van der Waals surface area contributed by atoms with Crippen LogP contribution < -0.4 is 5.32 Å². The molecule has 0 bridgehead atoms. The molecule has 0 heterocycles. The highest BCUT2D eigenvalue weighted by molar-refractivity contribution is 9.09. The second kappa shape index (κ2) is 9.50. The monoisotopic (exact) mass is 263 g/mol. The molecular formula is C11H22BrNO. The van der Waals surface area contributed by atoms with Gasteiger partial charge in [0.05, 0.1) is 0 Å². The fraction of sp³-hybridized carbons (Fsp3) is 0.909. The smallest absolute Gasteiger partial charge is 0.222 e.